The molecule has 16 heteroatoms. The number of fused-ring (bicyclic) bond motifs is 4. The Hall–Kier alpha value is -3.71. The molecule has 2 aromatic carbocycles. The van der Waals surface area contributed by atoms with Crippen molar-refractivity contribution in [1.82, 2.24) is 14.9 Å². The van der Waals surface area contributed by atoms with Gasteiger partial charge in [0.25, 0.3) is 0 Å². The lowest BCUT2D eigenvalue weighted by atomic mass is 9.95. The number of ether oxygens (including phenoxy) is 3. The maximum absolute atomic E-state index is 17.1. The molecule has 0 saturated carbocycles. The van der Waals surface area contributed by atoms with Crippen LogP contribution in [0, 0.1) is 23.0 Å². The van der Waals surface area contributed by atoms with Gasteiger partial charge in [0.05, 0.1) is 44.9 Å². The van der Waals surface area contributed by atoms with Gasteiger partial charge < -0.3 is 24.8 Å². The van der Waals surface area contributed by atoms with Crippen molar-refractivity contribution in [2.45, 2.75) is 62.5 Å². The molecule has 2 unspecified atom stereocenters. The van der Waals surface area contributed by atoms with Gasteiger partial charge >= 0.3 is 12.6 Å². The molecule has 3 saturated heterocycles. The molecular weight excluding hydrogens is 679 g/mol. The highest BCUT2D eigenvalue weighted by Gasteiger charge is 2.49. The highest BCUT2D eigenvalue weighted by atomic mass is 35.5. The number of nitriles is 1. The van der Waals surface area contributed by atoms with E-state index in [-0.39, 0.29) is 97.6 Å². The molecule has 0 radical (unpaired) electrons. The molecule has 252 valence electrons. The van der Waals surface area contributed by atoms with E-state index in [0.717, 1.165) is 30.4 Å². The molecule has 8 rings (SSSR count). The van der Waals surface area contributed by atoms with Crippen molar-refractivity contribution < 1.29 is 36.2 Å². The number of hydrogen-bond acceptors (Lipinski definition) is 10. The zero-order valence-electron chi connectivity index (χ0n) is 25.2. The van der Waals surface area contributed by atoms with Crippen molar-refractivity contribution in [2.24, 2.45) is 0 Å². The minimum absolute atomic E-state index is 0.0233. The number of halogens is 6. The van der Waals surface area contributed by atoms with Crippen molar-refractivity contribution in [3.05, 3.63) is 34.4 Å². The second-order valence-corrected chi connectivity index (χ2v) is 14.1. The molecule has 48 heavy (non-hydrogen) atoms. The first-order valence-corrected chi connectivity index (χ1v) is 16.8. The van der Waals surface area contributed by atoms with E-state index in [1.165, 1.54) is 6.07 Å². The Kier molecular flexibility index (Phi) is 7.70. The summed E-state index contributed by atoms with van der Waals surface area (Å²) >= 11 is 7.83. The lowest BCUT2D eigenvalue weighted by molar-refractivity contribution is -0.131. The molecule has 0 amide bonds. The van der Waals surface area contributed by atoms with Crippen molar-refractivity contribution in [1.29, 1.82) is 5.26 Å². The monoisotopic (exact) mass is 706 g/mol. The molecule has 4 aromatic rings. The Morgan fingerprint density at radius 2 is 2.06 bits per heavy atom. The van der Waals surface area contributed by atoms with Crippen LogP contribution in [-0.2, 0) is 4.74 Å². The maximum Gasteiger partial charge on any atom is 0.345 e. The molecule has 2 N–H and O–H groups in total. The minimum Gasteiger partial charge on any atom is -0.489 e. The predicted octanol–water partition coefficient (Wildman–Crippen LogP) is 6.82. The summed E-state index contributed by atoms with van der Waals surface area (Å²) in [6, 6.07) is 3.35. The van der Waals surface area contributed by atoms with Gasteiger partial charge in [-0.2, -0.15) is 24.0 Å². The molecule has 0 spiro atoms. The second kappa shape index (κ2) is 11.7. The topological polar surface area (TPSA) is 110 Å². The fourth-order valence-electron chi connectivity index (χ4n) is 8.01. The molecule has 3 fully saturated rings. The summed E-state index contributed by atoms with van der Waals surface area (Å²) < 4.78 is 90.1. The van der Waals surface area contributed by atoms with Crippen molar-refractivity contribution >= 4 is 54.7 Å². The number of hydrogen-bond donors (Lipinski definition) is 1. The normalized spacial score (nSPS) is 25.0. The molecule has 4 aliphatic heterocycles. The van der Waals surface area contributed by atoms with Crippen LogP contribution in [0.4, 0.5) is 32.8 Å². The van der Waals surface area contributed by atoms with Gasteiger partial charge in [-0.05, 0) is 43.9 Å². The zero-order valence-corrected chi connectivity index (χ0v) is 26.8. The predicted molar refractivity (Wildman–Crippen MR) is 170 cm³/mol. The molecule has 2 aromatic heterocycles. The number of aromatic nitrogens is 2. The maximum atomic E-state index is 17.1. The molecule has 0 aliphatic carbocycles. The van der Waals surface area contributed by atoms with Crippen LogP contribution in [0.25, 0.3) is 32.1 Å². The van der Waals surface area contributed by atoms with Crippen LogP contribution in [0.2, 0.25) is 5.02 Å². The third-order valence-electron chi connectivity index (χ3n) is 10.1. The third-order valence-corrected chi connectivity index (χ3v) is 11.5. The summed E-state index contributed by atoms with van der Waals surface area (Å²) in [5.74, 6) is -1.33. The van der Waals surface area contributed by atoms with E-state index in [1.54, 1.807) is 4.90 Å². The third kappa shape index (κ3) is 4.82. The Bertz CT molecular complexity index is 2010. The van der Waals surface area contributed by atoms with Crippen LogP contribution in [0.3, 0.4) is 0 Å². The summed E-state index contributed by atoms with van der Waals surface area (Å²) in [6.45, 7) is -2.16. The highest BCUT2D eigenvalue weighted by Crippen LogP contribution is 2.52. The average Bonchev–Trinajstić information content (AvgIpc) is 3.78. The van der Waals surface area contributed by atoms with E-state index in [9.17, 15) is 22.8 Å². The standard InChI is InChI=1S/C32H28ClF5N6O3S/c33-23-21(17-4-5-19(35)27-20(17)18(9-39)28(40)48-27)24(36)25-22-26(23)45-11-15-2-3-16(12-46-30(37)38)44(15)29(22)42-31(41-25)47-13-32-6-1-7-43(32)10-14(34)8-32/h4-5,14-16,30H,1-3,6-8,10-13,40H2/t14-,15?,16?,32+/m1/s1. The Balaban J connectivity index is 1.34. The summed E-state index contributed by atoms with van der Waals surface area (Å²) in [5, 5.41) is 10.00. The minimum atomic E-state index is -2.99. The van der Waals surface area contributed by atoms with Crippen LogP contribution in [0.1, 0.15) is 37.7 Å². The number of alkyl halides is 3. The lowest BCUT2D eigenvalue weighted by Gasteiger charge is -2.32. The largest absolute Gasteiger partial charge is 0.489 e. The van der Waals surface area contributed by atoms with Gasteiger partial charge in [0.15, 0.2) is 11.6 Å². The van der Waals surface area contributed by atoms with Crippen LogP contribution in [0.5, 0.6) is 11.8 Å². The molecule has 4 atom stereocenters. The summed E-state index contributed by atoms with van der Waals surface area (Å²) in [4.78, 5) is 13.0. The number of nitrogens with two attached hydrogens (primary N) is 1. The van der Waals surface area contributed by atoms with Gasteiger partial charge in [0.1, 0.15) is 47.6 Å². The Morgan fingerprint density at radius 3 is 2.85 bits per heavy atom. The summed E-state index contributed by atoms with van der Waals surface area (Å²) in [7, 11) is 0. The van der Waals surface area contributed by atoms with Crippen molar-refractivity contribution in [3.8, 4) is 29.0 Å². The SMILES string of the molecule is N#Cc1c(N)sc2c(F)ccc(-c3c(Cl)c4c5c(nc(OC[C@@]67CCCN6C[C@H](F)C7)nc5c3F)N3C(CCC3COC(F)F)CO4)c12. The fraction of sp³-hybridized carbons (Fsp3) is 0.469. The molecular formula is C32H28ClF5N6O3S. The molecule has 9 nitrogen and oxygen atoms in total. The number of nitrogen functional groups attached to an aromatic ring is 1. The van der Waals surface area contributed by atoms with Crippen molar-refractivity contribution in [2.75, 3.05) is 43.5 Å². The van der Waals surface area contributed by atoms with Crippen molar-refractivity contribution in [3.63, 3.8) is 0 Å². The second-order valence-electron chi connectivity index (χ2n) is 12.7. The van der Waals surface area contributed by atoms with Gasteiger partial charge in [-0.25, -0.2) is 13.2 Å². The van der Waals surface area contributed by atoms with Crippen LogP contribution < -0.4 is 20.1 Å². The van der Waals surface area contributed by atoms with E-state index < -0.39 is 36.0 Å². The van der Waals surface area contributed by atoms with Gasteiger partial charge in [-0.3, -0.25) is 4.90 Å². The molecule has 4 aliphatic rings. The van der Waals surface area contributed by atoms with Gasteiger partial charge in [-0.1, -0.05) is 17.7 Å². The van der Waals surface area contributed by atoms with Crippen LogP contribution in [0.15, 0.2) is 12.1 Å². The van der Waals surface area contributed by atoms with E-state index >= 15 is 4.39 Å². The summed E-state index contributed by atoms with van der Waals surface area (Å²) in [6.07, 6.45) is 1.89. The molecule has 6 heterocycles. The first-order valence-electron chi connectivity index (χ1n) is 15.6. The first kappa shape index (κ1) is 31.6. The number of nitrogens with zero attached hydrogens (tertiary/aromatic N) is 5. The van der Waals surface area contributed by atoms with Gasteiger partial charge in [-0.15, -0.1) is 11.3 Å². The van der Waals surface area contributed by atoms with Crippen LogP contribution in [-0.4, -0.2) is 78.2 Å². The number of benzene rings is 2. The Labute approximate surface area is 279 Å². The lowest BCUT2D eigenvalue weighted by Crippen LogP contribution is -2.44. The van der Waals surface area contributed by atoms with Gasteiger partial charge in [0, 0.05) is 23.9 Å². The fourth-order valence-corrected chi connectivity index (χ4v) is 9.30. The van der Waals surface area contributed by atoms with E-state index in [4.69, 9.17) is 36.5 Å². The summed E-state index contributed by atoms with van der Waals surface area (Å²) in [5.41, 5.74) is 5.16. The average molecular weight is 707 g/mol. The van der Waals surface area contributed by atoms with E-state index in [1.807, 2.05) is 6.07 Å². The number of thiophene rings is 1. The van der Waals surface area contributed by atoms with Gasteiger partial charge in [0.2, 0.25) is 0 Å². The van der Waals surface area contributed by atoms with E-state index in [0.29, 0.717) is 25.8 Å². The highest BCUT2D eigenvalue weighted by molar-refractivity contribution is 7.23. The smallest absolute Gasteiger partial charge is 0.345 e. The zero-order chi connectivity index (χ0) is 33.5. The van der Waals surface area contributed by atoms with Crippen LogP contribution >= 0.6 is 22.9 Å². The number of rotatable bonds is 7. The Morgan fingerprint density at radius 1 is 1.23 bits per heavy atom. The number of anilines is 2. The molecule has 0 bridgehead atoms. The van der Waals surface area contributed by atoms with E-state index in [2.05, 4.69) is 9.88 Å². The first-order chi connectivity index (χ1) is 23.1. The quantitative estimate of drug-likeness (QED) is 0.207.